The van der Waals surface area contributed by atoms with Crippen LogP contribution in [0, 0.1) is 20.8 Å². The highest BCUT2D eigenvalue weighted by Gasteiger charge is 2.14. The number of hydrogen-bond donors (Lipinski definition) is 1. The maximum absolute atomic E-state index is 12.2. The molecule has 6 heteroatoms. The van der Waals surface area contributed by atoms with Gasteiger partial charge in [-0.25, -0.2) is 9.97 Å². The predicted octanol–water partition coefficient (Wildman–Crippen LogP) is 1.88. The van der Waals surface area contributed by atoms with Gasteiger partial charge >= 0.3 is 0 Å². The number of carbonyl (C=O) groups excluding carboxylic acids is 1. The van der Waals surface area contributed by atoms with E-state index >= 15 is 0 Å². The van der Waals surface area contributed by atoms with Crippen LogP contribution in [0.25, 0.3) is 0 Å². The summed E-state index contributed by atoms with van der Waals surface area (Å²) in [7, 11) is 1.88. The van der Waals surface area contributed by atoms with Gasteiger partial charge in [-0.3, -0.25) is 9.48 Å². The van der Waals surface area contributed by atoms with Crippen molar-refractivity contribution in [2.45, 2.75) is 40.5 Å². The first kappa shape index (κ1) is 15.2. The topological polar surface area (TPSA) is 72.7 Å². The minimum atomic E-state index is -0.0886. The summed E-state index contributed by atoms with van der Waals surface area (Å²) in [6, 6.07) is 1.81. The van der Waals surface area contributed by atoms with Gasteiger partial charge in [0.15, 0.2) is 0 Å². The first-order valence-corrected chi connectivity index (χ1v) is 7.04. The Kier molecular flexibility index (Phi) is 4.35. The number of rotatable bonds is 4. The van der Waals surface area contributed by atoms with Crippen molar-refractivity contribution >= 4 is 11.7 Å². The number of aromatic nitrogens is 4. The third-order valence-electron chi connectivity index (χ3n) is 3.52. The van der Waals surface area contributed by atoms with Crippen molar-refractivity contribution in [3.05, 3.63) is 34.5 Å². The standard InChI is InChI=1S/C15H21N5O/c1-6-12-7-14(17-11(4)16-12)18-15(21)8-13-9(2)19-20(5)10(13)3/h7H,6,8H2,1-5H3,(H,16,17,18,21). The zero-order valence-corrected chi connectivity index (χ0v) is 13.2. The zero-order chi connectivity index (χ0) is 15.6. The third-order valence-corrected chi connectivity index (χ3v) is 3.52. The maximum atomic E-state index is 12.2. The number of carbonyl (C=O) groups is 1. The normalized spacial score (nSPS) is 10.7. The Morgan fingerprint density at radius 3 is 2.57 bits per heavy atom. The van der Waals surface area contributed by atoms with Crippen LogP contribution in [-0.4, -0.2) is 25.7 Å². The molecular formula is C15H21N5O. The summed E-state index contributed by atoms with van der Waals surface area (Å²) < 4.78 is 1.79. The number of hydrogen-bond acceptors (Lipinski definition) is 4. The second-order valence-corrected chi connectivity index (χ2v) is 5.14. The van der Waals surface area contributed by atoms with Crippen molar-refractivity contribution in [1.82, 2.24) is 19.7 Å². The molecule has 21 heavy (non-hydrogen) atoms. The Labute approximate surface area is 124 Å². The lowest BCUT2D eigenvalue weighted by Gasteiger charge is -2.07. The van der Waals surface area contributed by atoms with Gasteiger partial charge in [-0.1, -0.05) is 6.92 Å². The molecule has 0 spiro atoms. The van der Waals surface area contributed by atoms with E-state index in [2.05, 4.69) is 20.4 Å². The summed E-state index contributed by atoms with van der Waals surface area (Å²) in [6.45, 7) is 7.73. The molecule has 0 aliphatic heterocycles. The molecule has 0 aliphatic carbocycles. The van der Waals surface area contributed by atoms with Gasteiger partial charge in [0.05, 0.1) is 12.1 Å². The molecule has 0 saturated carbocycles. The quantitative estimate of drug-likeness (QED) is 0.932. The van der Waals surface area contributed by atoms with Crippen molar-refractivity contribution in [2.75, 3.05) is 5.32 Å². The molecule has 112 valence electrons. The lowest BCUT2D eigenvalue weighted by Crippen LogP contribution is -2.17. The molecule has 0 saturated heterocycles. The number of nitrogens with one attached hydrogen (secondary N) is 1. The number of anilines is 1. The Bertz CT molecular complexity index is 675. The molecule has 0 radical (unpaired) electrons. The average Bonchev–Trinajstić information content (AvgIpc) is 2.64. The fourth-order valence-corrected chi connectivity index (χ4v) is 2.30. The van der Waals surface area contributed by atoms with E-state index in [0.29, 0.717) is 18.1 Å². The molecule has 0 atom stereocenters. The van der Waals surface area contributed by atoms with Gasteiger partial charge in [-0.2, -0.15) is 5.10 Å². The zero-order valence-electron chi connectivity index (χ0n) is 13.2. The van der Waals surface area contributed by atoms with Crippen LogP contribution in [0.2, 0.25) is 0 Å². The molecule has 0 fully saturated rings. The highest BCUT2D eigenvalue weighted by atomic mass is 16.1. The van der Waals surface area contributed by atoms with Crippen LogP contribution in [0.1, 0.15) is 35.4 Å². The van der Waals surface area contributed by atoms with Crippen LogP contribution >= 0.6 is 0 Å². The average molecular weight is 287 g/mol. The van der Waals surface area contributed by atoms with E-state index in [4.69, 9.17) is 0 Å². The first-order chi connectivity index (χ1) is 9.90. The third kappa shape index (κ3) is 3.45. The molecule has 1 N–H and O–H groups in total. The van der Waals surface area contributed by atoms with Crippen LogP contribution in [0.4, 0.5) is 5.82 Å². The summed E-state index contributed by atoms with van der Waals surface area (Å²) in [6.07, 6.45) is 1.11. The fraction of sp³-hybridized carbons (Fsp3) is 0.467. The Morgan fingerprint density at radius 2 is 2.00 bits per heavy atom. The van der Waals surface area contributed by atoms with Crippen LogP contribution in [-0.2, 0) is 24.7 Å². The van der Waals surface area contributed by atoms with E-state index in [0.717, 1.165) is 29.1 Å². The molecule has 2 aromatic rings. The van der Waals surface area contributed by atoms with Gasteiger partial charge in [0.25, 0.3) is 0 Å². The van der Waals surface area contributed by atoms with Crippen LogP contribution < -0.4 is 5.32 Å². The Hall–Kier alpha value is -2.24. The molecule has 0 aromatic carbocycles. The molecule has 0 aliphatic rings. The molecule has 2 rings (SSSR count). The minimum Gasteiger partial charge on any atom is -0.310 e. The number of aryl methyl sites for hydroxylation is 4. The molecule has 2 heterocycles. The van der Waals surface area contributed by atoms with E-state index in [-0.39, 0.29) is 5.91 Å². The maximum Gasteiger partial charge on any atom is 0.230 e. The van der Waals surface area contributed by atoms with Crippen LogP contribution in [0.5, 0.6) is 0 Å². The number of nitrogens with zero attached hydrogens (tertiary/aromatic N) is 4. The smallest absolute Gasteiger partial charge is 0.230 e. The van der Waals surface area contributed by atoms with Crippen molar-refractivity contribution in [3.63, 3.8) is 0 Å². The summed E-state index contributed by atoms with van der Waals surface area (Å²) in [5.41, 5.74) is 3.79. The summed E-state index contributed by atoms with van der Waals surface area (Å²) in [4.78, 5) is 20.7. The second kappa shape index (κ2) is 6.03. The van der Waals surface area contributed by atoms with E-state index in [9.17, 15) is 4.79 Å². The van der Waals surface area contributed by atoms with Crippen LogP contribution in [0.3, 0.4) is 0 Å². The summed E-state index contributed by atoms with van der Waals surface area (Å²) in [5.74, 6) is 1.14. The van der Waals surface area contributed by atoms with E-state index < -0.39 is 0 Å². The predicted molar refractivity (Wildman–Crippen MR) is 81.2 cm³/mol. The van der Waals surface area contributed by atoms with Gasteiger partial charge in [0.2, 0.25) is 5.91 Å². The van der Waals surface area contributed by atoms with Crippen LogP contribution in [0.15, 0.2) is 6.07 Å². The molecule has 0 unspecified atom stereocenters. The monoisotopic (exact) mass is 287 g/mol. The molecule has 2 aromatic heterocycles. The second-order valence-electron chi connectivity index (χ2n) is 5.14. The van der Waals surface area contributed by atoms with E-state index in [1.54, 1.807) is 4.68 Å². The van der Waals surface area contributed by atoms with Gasteiger partial charge in [0, 0.05) is 30.1 Å². The van der Waals surface area contributed by atoms with Crippen molar-refractivity contribution < 1.29 is 4.79 Å². The molecule has 0 bridgehead atoms. The van der Waals surface area contributed by atoms with Gasteiger partial charge < -0.3 is 5.32 Å². The number of amides is 1. The Morgan fingerprint density at radius 1 is 1.29 bits per heavy atom. The minimum absolute atomic E-state index is 0.0886. The lowest BCUT2D eigenvalue weighted by atomic mass is 10.1. The summed E-state index contributed by atoms with van der Waals surface area (Å²) in [5, 5.41) is 7.17. The molecular weight excluding hydrogens is 266 g/mol. The first-order valence-electron chi connectivity index (χ1n) is 7.04. The van der Waals surface area contributed by atoms with Crippen molar-refractivity contribution in [3.8, 4) is 0 Å². The largest absolute Gasteiger partial charge is 0.310 e. The highest BCUT2D eigenvalue weighted by Crippen LogP contribution is 2.14. The Balaban J connectivity index is 2.13. The lowest BCUT2D eigenvalue weighted by molar-refractivity contribution is -0.115. The summed E-state index contributed by atoms with van der Waals surface area (Å²) >= 11 is 0. The van der Waals surface area contributed by atoms with E-state index in [1.807, 2.05) is 40.8 Å². The molecule has 1 amide bonds. The highest BCUT2D eigenvalue weighted by molar-refractivity contribution is 5.91. The van der Waals surface area contributed by atoms with Gasteiger partial charge in [-0.05, 0) is 27.2 Å². The molecule has 6 nitrogen and oxygen atoms in total. The SMILES string of the molecule is CCc1cc(NC(=O)Cc2c(C)nn(C)c2C)nc(C)n1. The van der Waals surface area contributed by atoms with E-state index in [1.165, 1.54) is 0 Å². The van der Waals surface area contributed by atoms with Crippen molar-refractivity contribution in [2.24, 2.45) is 7.05 Å². The van der Waals surface area contributed by atoms with Crippen molar-refractivity contribution in [1.29, 1.82) is 0 Å². The van der Waals surface area contributed by atoms with Gasteiger partial charge in [-0.15, -0.1) is 0 Å². The fourth-order valence-electron chi connectivity index (χ4n) is 2.30. The van der Waals surface area contributed by atoms with Gasteiger partial charge in [0.1, 0.15) is 11.6 Å².